The van der Waals surface area contributed by atoms with Gasteiger partial charge in [-0.15, -0.1) is 0 Å². The van der Waals surface area contributed by atoms with Crippen molar-refractivity contribution in [1.82, 2.24) is 10.5 Å². The lowest BCUT2D eigenvalue weighted by molar-refractivity contribution is -0.120. The van der Waals surface area contributed by atoms with Gasteiger partial charge in [0.25, 0.3) is 0 Å². The van der Waals surface area contributed by atoms with Crippen molar-refractivity contribution >= 4 is 21.7 Å². The highest BCUT2D eigenvalue weighted by Crippen LogP contribution is 2.16. The van der Waals surface area contributed by atoms with Crippen LogP contribution in [-0.2, 0) is 21.2 Å². The summed E-state index contributed by atoms with van der Waals surface area (Å²) in [6.07, 6.45) is 0.923. The number of aryl methyl sites for hydroxylation is 1. The molecule has 0 unspecified atom stereocenters. The van der Waals surface area contributed by atoms with Crippen LogP contribution in [0.4, 0.5) is 10.2 Å². The number of hydrogen-bond donors (Lipinski definition) is 1. The first-order chi connectivity index (χ1) is 11.3. The zero-order valence-electron chi connectivity index (χ0n) is 13.3. The number of rotatable bonds is 7. The van der Waals surface area contributed by atoms with E-state index < -0.39 is 21.7 Å². The van der Waals surface area contributed by atoms with Crippen LogP contribution in [0.5, 0.6) is 0 Å². The van der Waals surface area contributed by atoms with Crippen molar-refractivity contribution in [2.24, 2.45) is 0 Å². The summed E-state index contributed by atoms with van der Waals surface area (Å²) >= 11 is 0. The minimum atomic E-state index is -3.57. The smallest absolute Gasteiger partial charge is 0.233 e. The van der Waals surface area contributed by atoms with Gasteiger partial charge in [-0.05, 0) is 18.6 Å². The Labute approximate surface area is 139 Å². The van der Waals surface area contributed by atoms with Crippen LogP contribution in [0.3, 0.4) is 0 Å². The van der Waals surface area contributed by atoms with E-state index in [1.54, 1.807) is 19.1 Å². The van der Waals surface area contributed by atoms with Crippen molar-refractivity contribution in [3.63, 3.8) is 0 Å². The van der Waals surface area contributed by atoms with E-state index in [9.17, 15) is 17.6 Å². The predicted octanol–water partition coefficient (Wildman–Crippen LogP) is 1.25. The maximum Gasteiger partial charge on any atom is 0.233 e. The maximum atomic E-state index is 13.5. The third-order valence-electron chi connectivity index (χ3n) is 3.22. The molecule has 0 aliphatic heterocycles. The van der Waals surface area contributed by atoms with Gasteiger partial charge in [0.15, 0.2) is 5.82 Å². The quantitative estimate of drug-likeness (QED) is 0.807. The van der Waals surface area contributed by atoms with Crippen molar-refractivity contribution < 1.29 is 22.1 Å². The number of benzene rings is 1. The minimum absolute atomic E-state index is 0.00613. The molecule has 1 N–H and O–H groups in total. The van der Waals surface area contributed by atoms with Gasteiger partial charge in [-0.2, -0.15) is 0 Å². The average Bonchev–Trinajstić information content (AvgIpc) is 2.91. The maximum absolute atomic E-state index is 13.5. The second kappa shape index (κ2) is 7.43. The summed E-state index contributed by atoms with van der Waals surface area (Å²) in [7, 11) is -3.57. The molecule has 0 bridgehead atoms. The Morgan fingerprint density at radius 2 is 2.08 bits per heavy atom. The molecule has 0 radical (unpaired) electrons. The van der Waals surface area contributed by atoms with Gasteiger partial charge in [0, 0.05) is 12.6 Å². The molecule has 130 valence electrons. The molecule has 2 rings (SSSR count). The van der Waals surface area contributed by atoms with Crippen molar-refractivity contribution in [1.29, 1.82) is 0 Å². The molecule has 0 aliphatic carbocycles. The zero-order chi connectivity index (χ0) is 17.7. The summed E-state index contributed by atoms with van der Waals surface area (Å²) in [5.41, 5.74) is 0.280. The molecular weight excluding hydrogens is 337 g/mol. The molecule has 9 heteroatoms. The Morgan fingerprint density at radius 3 is 2.67 bits per heavy atom. The SMILES string of the molecule is Cc1cc(N(CCNC(=O)Cc2ccccc2F)S(C)(=O)=O)no1. The van der Waals surface area contributed by atoms with Crippen LogP contribution < -0.4 is 9.62 Å². The second-order valence-corrected chi connectivity index (χ2v) is 7.16. The number of sulfonamides is 1. The fourth-order valence-electron chi connectivity index (χ4n) is 2.10. The number of aromatic nitrogens is 1. The Kier molecular flexibility index (Phi) is 5.55. The fourth-order valence-corrected chi connectivity index (χ4v) is 2.94. The molecule has 1 aromatic carbocycles. The lowest BCUT2D eigenvalue weighted by atomic mass is 10.1. The van der Waals surface area contributed by atoms with Crippen molar-refractivity contribution in [3.8, 4) is 0 Å². The lowest BCUT2D eigenvalue weighted by Gasteiger charge is -2.19. The third kappa shape index (κ3) is 4.79. The monoisotopic (exact) mass is 355 g/mol. The number of carbonyl (C=O) groups excluding carboxylic acids is 1. The Morgan fingerprint density at radius 1 is 1.38 bits per heavy atom. The first-order valence-electron chi connectivity index (χ1n) is 7.18. The molecule has 1 aromatic heterocycles. The van der Waals surface area contributed by atoms with Crippen molar-refractivity contribution in [2.75, 3.05) is 23.7 Å². The summed E-state index contributed by atoms with van der Waals surface area (Å²) in [4.78, 5) is 11.9. The zero-order valence-corrected chi connectivity index (χ0v) is 14.1. The van der Waals surface area contributed by atoms with E-state index in [0.29, 0.717) is 5.76 Å². The number of nitrogens with zero attached hydrogens (tertiary/aromatic N) is 2. The third-order valence-corrected chi connectivity index (χ3v) is 4.39. The number of halogens is 1. The molecule has 0 saturated heterocycles. The molecule has 2 aromatic rings. The van der Waals surface area contributed by atoms with Gasteiger partial charge in [0.1, 0.15) is 11.6 Å². The lowest BCUT2D eigenvalue weighted by Crippen LogP contribution is -2.38. The molecule has 7 nitrogen and oxygen atoms in total. The molecule has 0 aliphatic rings. The van der Waals surface area contributed by atoms with Crippen molar-refractivity contribution in [2.45, 2.75) is 13.3 Å². The highest BCUT2D eigenvalue weighted by molar-refractivity contribution is 7.92. The number of nitrogens with one attached hydrogen (secondary N) is 1. The topological polar surface area (TPSA) is 92.5 Å². The fraction of sp³-hybridized carbons (Fsp3) is 0.333. The minimum Gasteiger partial charge on any atom is -0.360 e. The van der Waals surface area contributed by atoms with Crippen LogP contribution in [0.2, 0.25) is 0 Å². The Hall–Kier alpha value is -2.42. The number of amides is 1. The van der Waals surface area contributed by atoms with Gasteiger partial charge in [-0.3, -0.25) is 4.79 Å². The summed E-state index contributed by atoms with van der Waals surface area (Å²) in [6, 6.07) is 7.48. The van der Waals surface area contributed by atoms with Gasteiger partial charge in [-0.25, -0.2) is 17.1 Å². The van der Waals surface area contributed by atoms with Gasteiger partial charge in [0.05, 0.1) is 19.2 Å². The molecule has 0 atom stereocenters. The van der Waals surface area contributed by atoms with Crippen LogP contribution in [0.1, 0.15) is 11.3 Å². The van der Waals surface area contributed by atoms with E-state index in [0.717, 1.165) is 10.6 Å². The Bertz CT molecular complexity index is 820. The highest BCUT2D eigenvalue weighted by atomic mass is 32.2. The van der Waals surface area contributed by atoms with E-state index in [1.807, 2.05) is 0 Å². The summed E-state index contributed by atoms with van der Waals surface area (Å²) in [5, 5.41) is 6.24. The highest BCUT2D eigenvalue weighted by Gasteiger charge is 2.20. The first-order valence-corrected chi connectivity index (χ1v) is 9.03. The molecule has 0 spiro atoms. The van der Waals surface area contributed by atoms with Crippen LogP contribution >= 0.6 is 0 Å². The second-order valence-electron chi connectivity index (χ2n) is 5.25. The molecule has 0 saturated carbocycles. The normalized spacial score (nSPS) is 11.3. The van der Waals surface area contributed by atoms with E-state index in [2.05, 4.69) is 10.5 Å². The Balaban J connectivity index is 1.93. The van der Waals surface area contributed by atoms with Gasteiger partial charge < -0.3 is 9.84 Å². The molecule has 1 amide bonds. The van der Waals surface area contributed by atoms with Crippen LogP contribution in [-0.4, -0.2) is 38.8 Å². The summed E-state index contributed by atoms with van der Waals surface area (Å²) in [6.45, 7) is 1.70. The van der Waals surface area contributed by atoms with Crippen LogP contribution in [0.25, 0.3) is 0 Å². The molecular formula is C15H18FN3O4S. The predicted molar refractivity (Wildman–Crippen MR) is 86.5 cm³/mol. The van der Waals surface area contributed by atoms with E-state index in [1.165, 1.54) is 18.2 Å². The summed E-state index contributed by atoms with van der Waals surface area (Å²) < 4.78 is 43.1. The van der Waals surface area contributed by atoms with Crippen LogP contribution in [0.15, 0.2) is 34.9 Å². The van der Waals surface area contributed by atoms with Gasteiger partial charge >= 0.3 is 0 Å². The number of hydrogen-bond acceptors (Lipinski definition) is 5. The van der Waals surface area contributed by atoms with E-state index in [4.69, 9.17) is 4.52 Å². The standard InChI is InChI=1S/C15H18FN3O4S/c1-11-9-14(18-23-11)19(24(2,21)22)8-7-17-15(20)10-12-5-3-4-6-13(12)16/h3-6,9H,7-8,10H2,1-2H3,(H,17,20). The van der Waals surface area contributed by atoms with E-state index in [-0.39, 0.29) is 30.9 Å². The van der Waals surface area contributed by atoms with Gasteiger partial charge in [0.2, 0.25) is 15.9 Å². The van der Waals surface area contributed by atoms with E-state index >= 15 is 0 Å². The summed E-state index contributed by atoms with van der Waals surface area (Å²) in [5.74, 6) is -0.228. The number of carbonyl (C=O) groups is 1. The van der Waals surface area contributed by atoms with Crippen LogP contribution in [0, 0.1) is 12.7 Å². The number of anilines is 1. The first kappa shape index (κ1) is 17.9. The largest absolute Gasteiger partial charge is 0.360 e. The molecule has 0 fully saturated rings. The van der Waals surface area contributed by atoms with Gasteiger partial charge in [-0.1, -0.05) is 23.4 Å². The molecule has 24 heavy (non-hydrogen) atoms. The molecule has 1 heterocycles. The van der Waals surface area contributed by atoms with Crippen molar-refractivity contribution in [3.05, 3.63) is 47.5 Å². The average molecular weight is 355 g/mol.